The number of aromatic nitrogens is 2. The lowest BCUT2D eigenvalue weighted by Crippen LogP contribution is -1.92. The first-order chi connectivity index (χ1) is 10.8. The molecule has 7 heteroatoms. The van der Waals surface area contributed by atoms with Crippen LogP contribution in [-0.4, -0.2) is 16.4 Å². The summed E-state index contributed by atoms with van der Waals surface area (Å²) < 4.78 is 0. The minimum atomic E-state index is 0.354. The lowest BCUT2D eigenvalue weighted by Gasteiger charge is -2.03. The molecule has 0 fully saturated rings. The smallest absolute Gasteiger partial charge is 0.172 e. The lowest BCUT2D eigenvalue weighted by atomic mass is 10.3. The maximum atomic E-state index is 9.33. The van der Waals surface area contributed by atoms with Gasteiger partial charge in [0.1, 0.15) is 11.6 Å². The molecule has 0 aliphatic carbocycles. The Bertz CT molecular complexity index is 845. The molecule has 2 heterocycles. The van der Waals surface area contributed by atoms with Crippen LogP contribution >= 0.6 is 22.9 Å². The van der Waals surface area contributed by atoms with Gasteiger partial charge in [0.25, 0.3) is 0 Å². The quantitative estimate of drug-likeness (QED) is 0.693. The highest BCUT2D eigenvalue weighted by atomic mass is 35.5. The molecule has 0 aliphatic rings. The monoisotopic (exact) mass is 327 g/mol. The number of hydrogen-bond donors (Lipinski definition) is 2. The van der Waals surface area contributed by atoms with Crippen LogP contribution in [0.2, 0.25) is 5.02 Å². The van der Waals surface area contributed by atoms with E-state index in [9.17, 15) is 5.26 Å². The van der Waals surface area contributed by atoms with E-state index >= 15 is 0 Å². The normalized spacial score (nSPS) is 10.7. The molecule has 0 bridgehead atoms. The van der Waals surface area contributed by atoms with E-state index in [0.29, 0.717) is 22.2 Å². The van der Waals surface area contributed by atoms with E-state index in [2.05, 4.69) is 26.6 Å². The van der Waals surface area contributed by atoms with E-state index in [4.69, 9.17) is 11.6 Å². The lowest BCUT2D eigenvalue weighted by molar-refractivity contribution is 1.09. The van der Waals surface area contributed by atoms with Crippen molar-refractivity contribution in [2.75, 3.05) is 5.32 Å². The van der Waals surface area contributed by atoms with Crippen LogP contribution in [0, 0.1) is 11.3 Å². The number of aromatic amines is 1. The first-order valence-electron chi connectivity index (χ1n) is 6.35. The molecule has 108 valence electrons. The molecule has 1 aromatic carbocycles. The largest absolute Gasteiger partial charge is 0.338 e. The molecule has 0 unspecified atom stereocenters. The van der Waals surface area contributed by atoms with Crippen LogP contribution in [0.15, 0.2) is 46.8 Å². The number of nitrogens with zero attached hydrogens (tertiary/aromatic N) is 3. The standard InChI is InChI=1S/C15H10ClN5S/c16-10-3-1-4-11(7-10)19-15-13(8-17)14(20-21-15)18-9-12-5-2-6-22-12/h1-7,9H,(H2,19,20,21)/b18-9+. The molecule has 0 radical (unpaired) electrons. The Morgan fingerprint density at radius 2 is 2.27 bits per heavy atom. The zero-order chi connectivity index (χ0) is 15.4. The van der Waals surface area contributed by atoms with Gasteiger partial charge >= 0.3 is 0 Å². The third-order valence-electron chi connectivity index (χ3n) is 2.81. The van der Waals surface area contributed by atoms with Crippen molar-refractivity contribution >= 4 is 46.5 Å². The van der Waals surface area contributed by atoms with E-state index in [-0.39, 0.29) is 0 Å². The first-order valence-corrected chi connectivity index (χ1v) is 7.60. The van der Waals surface area contributed by atoms with E-state index in [1.165, 1.54) is 0 Å². The molecule has 3 aromatic rings. The predicted molar refractivity (Wildman–Crippen MR) is 89.6 cm³/mol. The predicted octanol–water partition coefficient (Wildman–Crippen LogP) is 4.49. The van der Waals surface area contributed by atoms with E-state index in [0.717, 1.165) is 10.6 Å². The van der Waals surface area contributed by atoms with Gasteiger partial charge < -0.3 is 5.32 Å². The van der Waals surface area contributed by atoms with Crippen molar-refractivity contribution in [3.63, 3.8) is 0 Å². The molecule has 2 N–H and O–H groups in total. The van der Waals surface area contributed by atoms with E-state index in [1.54, 1.807) is 29.7 Å². The third-order valence-corrected chi connectivity index (χ3v) is 3.85. The Labute approximate surface area is 135 Å². The van der Waals surface area contributed by atoms with Gasteiger partial charge in [-0.3, -0.25) is 5.10 Å². The van der Waals surface area contributed by atoms with Crippen LogP contribution in [0.5, 0.6) is 0 Å². The zero-order valence-electron chi connectivity index (χ0n) is 11.2. The Kier molecular flexibility index (Phi) is 4.19. The maximum absolute atomic E-state index is 9.33. The SMILES string of the molecule is N#Cc1c(Nc2cccc(Cl)c2)n[nH]c1/N=C/c1cccs1. The van der Waals surface area contributed by atoms with Crippen molar-refractivity contribution < 1.29 is 0 Å². The van der Waals surface area contributed by atoms with Gasteiger partial charge in [0, 0.05) is 21.8 Å². The highest BCUT2D eigenvalue weighted by molar-refractivity contribution is 7.11. The van der Waals surface area contributed by atoms with Gasteiger partial charge in [-0.2, -0.15) is 10.4 Å². The summed E-state index contributed by atoms with van der Waals surface area (Å²) in [5, 5.41) is 21.8. The summed E-state index contributed by atoms with van der Waals surface area (Å²) in [4.78, 5) is 5.28. The Morgan fingerprint density at radius 3 is 3.00 bits per heavy atom. The number of aliphatic imine (C=N–C) groups is 1. The summed E-state index contributed by atoms with van der Waals surface area (Å²) in [5.74, 6) is 0.837. The van der Waals surface area contributed by atoms with Gasteiger partial charge in [-0.05, 0) is 29.6 Å². The molecule has 5 nitrogen and oxygen atoms in total. The highest BCUT2D eigenvalue weighted by Crippen LogP contribution is 2.26. The van der Waals surface area contributed by atoms with Gasteiger partial charge in [-0.25, -0.2) is 4.99 Å². The molecule has 3 rings (SSSR count). The van der Waals surface area contributed by atoms with Crippen LogP contribution in [0.4, 0.5) is 17.3 Å². The number of benzene rings is 1. The fourth-order valence-electron chi connectivity index (χ4n) is 1.82. The fraction of sp³-hybridized carbons (Fsp3) is 0. The van der Waals surface area contributed by atoms with Crippen molar-refractivity contribution in [2.45, 2.75) is 0 Å². The second kappa shape index (κ2) is 6.43. The molecule has 0 saturated carbocycles. The summed E-state index contributed by atoms with van der Waals surface area (Å²) in [6.45, 7) is 0. The summed E-state index contributed by atoms with van der Waals surface area (Å²) in [5.41, 5.74) is 1.11. The van der Waals surface area contributed by atoms with Gasteiger partial charge in [-0.1, -0.05) is 23.7 Å². The molecule has 22 heavy (non-hydrogen) atoms. The second-order valence-corrected chi connectivity index (χ2v) is 5.73. The zero-order valence-corrected chi connectivity index (χ0v) is 12.8. The molecule has 0 spiro atoms. The van der Waals surface area contributed by atoms with Crippen molar-refractivity contribution in [2.24, 2.45) is 4.99 Å². The number of hydrogen-bond acceptors (Lipinski definition) is 5. The number of rotatable bonds is 4. The van der Waals surface area contributed by atoms with Crippen molar-refractivity contribution in [1.82, 2.24) is 10.2 Å². The van der Waals surface area contributed by atoms with Gasteiger partial charge in [0.2, 0.25) is 0 Å². The van der Waals surface area contributed by atoms with Crippen molar-refractivity contribution in [1.29, 1.82) is 5.26 Å². The van der Waals surface area contributed by atoms with Crippen molar-refractivity contribution in [3.8, 4) is 6.07 Å². The number of thiophene rings is 1. The molecule has 2 aromatic heterocycles. The number of nitriles is 1. The Morgan fingerprint density at radius 1 is 1.36 bits per heavy atom. The van der Waals surface area contributed by atoms with Crippen LogP contribution in [0.25, 0.3) is 0 Å². The average molecular weight is 328 g/mol. The molecule has 0 aliphatic heterocycles. The van der Waals surface area contributed by atoms with Crippen LogP contribution in [0.3, 0.4) is 0 Å². The van der Waals surface area contributed by atoms with Crippen LogP contribution in [-0.2, 0) is 0 Å². The Hall–Kier alpha value is -2.62. The summed E-state index contributed by atoms with van der Waals surface area (Å²) in [6.07, 6.45) is 1.70. The van der Waals surface area contributed by atoms with E-state index < -0.39 is 0 Å². The molecule has 0 saturated heterocycles. The number of nitrogens with one attached hydrogen (secondary N) is 2. The average Bonchev–Trinajstić information content (AvgIpc) is 3.14. The van der Waals surface area contributed by atoms with Gasteiger partial charge in [0.15, 0.2) is 11.6 Å². The molecular weight excluding hydrogens is 318 g/mol. The first kappa shape index (κ1) is 14.3. The summed E-state index contributed by atoms with van der Waals surface area (Å²) >= 11 is 7.51. The maximum Gasteiger partial charge on any atom is 0.172 e. The topological polar surface area (TPSA) is 76.9 Å². The number of anilines is 2. The van der Waals surface area contributed by atoms with Crippen LogP contribution < -0.4 is 5.32 Å². The highest BCUT2D eigenvalue weighted by Gasteiger charge is 2.12. The number of halogens is 1. The molecule has 0 amide bonds. The second-order valence-electron chi connectivity index (χ2n) is 4.32. The molecule has 0 atom stereocenters. The summed E-state index contributed by atoms with van der Waals surface area (Å²) in [6, 6.07) is 13.2. The van der Waals surface area contributed by atoms with E-state index in [1.807, 2.05) is 29.6 Å². The molecular formula is C15H10ClN5S. The Balaban J connectivity index is 1.86. The van der Waals surface area contributed by atoms with Gasteiger partial charge in [0.05, 0.1) is 0 Å². The third kappa shape index (κ3) is 3.17. The fourth-order valence-corrected chi connectivity index (χ4v) is 2.59. The minimum Gasteiger partial charge on any atom is -0.338 e. The van der Waals surface area contributed by atoms with Crippen molar-refractivity contribution in [3.05, 3.63) is 57.2 Å². The summed E-state index contributed by atoms with van der Waals surface area (Å²) in [7, 11) is 0. The number of H-pyrrole nitrogens is 1. The van der Waals surface area contributed by atoms with Gasteiger partial charge in [-0.15, -0.1) is 11.3 Å². The van der Waals surface area contributed by atoms with Crippen LogP contribution in [0.1, 0.15) is 10.4 Å². The minimum absolute atomic E-state index is 0.354.